The first-order valence-electron chi connectivity index (χ1n) is 18.2. The Balaban J connectivity index is 1.23. The highest BCUT2D eigenvalue weighted by atomic mass is 16.6. The zero-order valence-corrected chi connectivity index (χ0v) is 29.9. The fourth-order valence-electron chi connectivity index (χ4n) is 13.2. The number of aliphatic hydroxyl groups excluding tert-OH is 1. The van der Waals surface area contributed by atoms with Crippen molar-refractivity contribution >= 4 is 6.09 Å². The maximum atomic E-state index is 12.8. The molecule has 0 radical (unpaired) electrons. The van der Waals surface area contributed by atoms with Gasteiger partial charge in [0.05, 0.1) is 23.9 Å². The molecule has 1 saturated heterocycles. The summed E-state index contributed by atoms with van der Waals surface area (Å²) < 4.78 is 19.2. The number of alkyl carbamates (subject to hydrolysis) is 1. The second-order valence-corrected chi connectivity index (χ2v) is 18.2. The number of amides is 1. The van der Waals surface area contributed by atoms with Crippen LogP contribution >= 0.6 is 0 Å². The predicted octanol–water partition coefficient (Wildman–Crippen LogP) is 5.63. The molecular formula is C37H64N2O6. The van der Waals surface area contributed by atoms with E-state index in [1.807, 2.05) is 34.9 Å². The molecule has 8 heteroatoms. The predicted molar refractivity (Wildman–Crippen MR) is 175 cm³/mol. The highest BCUT2D eigenvalue weighted by Crippen LogP contribution is 2.89. The van der Waals surface area contributed by atoms with Gasteiger partial charge in [-0.15, -0.1) is 0 Å². The third-order valence-corrected chi connectivity index (χ3v) is 15.2. The van der Waals surface area contributed by atoms with E-state index in [1.165, 1.54) is 12.8 Å². The Morgan fingerprint density at radius 1 is 1.07 bits per heavy atom. The van der Waals surface area contributed by atoms with E-state index < -0.39 is 17.8 Å². The van der Waals surface area contributed by atoms with Crippen LogP contribution in [0.1, 0.15) is 107 Å². The highest BCUT2D eigenvalue weighted by Gasteiger charge is 2.84. The SMILES string of the molecule is CCO[C@@H](C1C[C@@H](C)[C@H]2C(O1)[C@H](O)[C@@]1(C)C3CC[C@H]4C(C)(C)[C@@H](OC(=O)NCCN(C)C)CC[C@@]45C[C@@]35CC[C@]21C)C(C)(C)O. The van der Waals surface area contributed by atoms with Gasteiger partial charge in [-0.3, -0.25) is 0 Å². The minimum atomic E-state index is -1.03. The lowest BCUT2D eigenvalue weighted by Crippen LogP contribution is -2.60. The molecule has 5 saturated carbocycles. The van der Waals surface area contributed by atoms with Crippen molar-refractivity contribution in [2.24, 2.45) is 50.7 Å². The van der Waals surface area contributed by atoms with Gasteiger partial charge >= 0.3 is 6.09 Å². The molecule has 8 nitrogen and oxygen atoms in total. The maximum absolute atomic E-state index is 12.8. The number of carbonyl (C=O) groups excluding carboxylic acids is 1. The number of rotatable bonds is 8. The molecule has 3 unspecified atom stereocenters. The van der Waals surface area contributed by atoms with Gasteiger partial charge < -0.3 is 34.6 Å². The Labute approximate surface area is 272 Å². The van der Waals surface area contributed by atoms with Crippen LogP contribution in [0.2, 0.25) is 0 Å². The van der Waals surface area contributed by atoms with Gasteiger partial charge in [-0.05, 0) is 126 Å². The Hall–Kier alpha value is -0.930. The average molecular weight is 633 g/mol. The van der Waals surface area contributed by atoms with Crippen LogP contribution in [0.25, 0.3) is 0 Å². The van der Waals surface area contributed by atoms with Gasteiger partial charge in [-0.25, -0.2) is 4.79 Å². The molecular weight excluding hydrogens is 568 g/mol. The second-order valence-electron chi connectivity index (χ2n) is 18.2. The second kappa shape index (κ2) is 11.0. The van der Waals surface area contributed by atoms with Crippen LogP contribution in [0.3, 0.4) is 0 Å². The number of ether oxygens (including phenoxy) is 3. The van der Waals surface area contributed by atoms with Crippen molar-refractivity contribution in [2.75, 3.05) is 33.8 Å². The first-order valence-corrected chi connectivity index (χ1v) is 18.2. The molecule has 258 valence electrons. The fourth-order valence-corrected chi connectivity index (χ4v) is 13.2. The van der Waals surface area contributed by atoms with Crippen LogP contribution in [0.5, 0.6) is 0 Å². The summed E-state index contributed by atoms with van der Waals surface area (Å²) in [7, 11) is 4.01. The summed E-state index contributed by atoms with van der Waals surface area (Å²) >= 11 is 0. The molecule has 0 aromatic heterocycles. The normalized spacial score (nSPS) is 48.7. The van der Waals surface area contributed by atoms with Gasteiger partial charge in [0.15, 0.2) is 0 Å². The van der Waals surface area contributed by atoms with Crippen LogP contribution in [-0.4, -0.2) is 91.1 Å². The molecule has 1 aliphatic heterocycles. The maximum Gasteiger partial charge on any atom is 0.407 e. The lowest BCUT2D eigenvalue weighted by Gasteiger charge is -2.63. The van der Waals surface area contributed by atoms with Crippen molar-refractivity contribution in [1.29, 1.82) is 0 Å². The van der Waals surface area contributed by atoms with Crippen molar-refractivity contribution in [3.63, 3.8) is 0 Å². The van der Waals surface area contributed by atoms with E-state index in [1.54, 1.807) is 0 Å². The Bertz CT molecular complexity index is 1140. The largest absolute Gasteiger partial charge is 0.446 e. The summed E-state index contributed by atoms with van der Waals surface area (Å²) in [6, 6.07) is 0. The number of aliphatic hydroxyl groups is 2. The summed E-state index contributed by atoms with van der Waals surface area (Å²) in [6.45, 7) is 19.5. The molecule has 6 aliphatic rings. The van der Waals surface area contributed by atoms with Gasteiger partial charge in [0.25, 0.3) is 0 Å². The third kappa shape index (κ3) is 4.72. The molecule has 13 atom stereocenters. The minimum Gasteiger partial charge on any atom is -0.446 e. The van der Waals surface area contributed by atoms with E-state index in [0.717, 1.165) is 45.1 Å². The van der Waals surface area contributed by atoms with Crippen LogP contribution in [0.15, 0.2) is 0 Å². The van der Waals surface area contributed by atoms with Gasteiger partial charge in [0.2, 0.25) is 0 Å². The zero-order chi connectivity index (χ0) is 33.0. The van der Waals surface area contributed by atoms with Crippen molar-refractivity contribution in [2.45, 2.75) is 143 Å². The van der Waals surface area contributed by atoms with Crippen LogP contribution < -0.4 is 5.32 Å². The molecule has 3 N–H and O–H groups in total. The molecule has 5 aliphatic carbocycles. The van der Waals surface area contributed by atoms with Crippen LogP contribution in [0, 0.1) is 50.7 Å². The number of hydrogen-bond acceptors (Lipinski definition) is 7. The lowest BCUT2D eigenvalue weighted by molar-refractivity contribution is -0.215. The first-order chi connectivity index (χ1) is 20.9. The molecule has 45 heavy (non-hydrogen) atoms. The summed E-state index contributed by atoms with van der Waals surface area (Å²) in [4.78, 5) is 14.8. The van der Waals surface area contributed by atoms with Crippen LogP contribution in [-0.2, 0) is 14.2 Å². The van der Waals surface area contributed by atoms with Gasteiger partial charge in [-0.2, -0.15) is 0 Å². The number of nitrogens with one attached hydrogen (secondary N) is 1. The molecule has 6 rings (SSSR count). The van der Waals surface area contributed by atoms with Gasteiger partial charge in [0.1, 0.15) is 12.2 Å². The zero-order valence-electron chi connectivity index (χ0n) is 29.9. The smallest absolute Gasteiger partial charge is 0.407 e. The van der Waals surface area contributed by atoms with E-state index in [2.05, 4.69) is 44.8 Å². The molecule has 1 heterocycles. The van der Waals surface area contributed by atoms with E-state index in [0.29, 0.717) is 30.9 Å². The van der Waals surface area contributed by atoms with Crippen molar-refractivity contribution in [1.82, 2.24) is 10.2 Å². The van der Waals surface area contributed by atoms with Crippen molar-refractivity contribution < 1.29 is 29.2 Å². The fraction of sp³-hybridized carbons (Fsp3) is 0.973. The van der Waals surface area contributed by atoms with Crippen molar-refractivity contribution in [3.05, 3.63) is 0 Å². The molecule has 0 aromatic carbocycles. The lowest BCUT2D eigenvalue weighted by atomic mass is 9.41. The van der Waals surface area contributed by atoms with E-state index in [-0.39, 0.29) is 57.4 Å². The number of nitrogens with zero attached hydrogens (tertiary/aromatic N) is 1. The highest BCUT2D eigenvalue weighted by molar-refractivity contribution is 5.67. The van der Waals surface area contributed by atoms with E-state index in [9.17, 15) is 15.0 Å². The van der Waals surface area contributed by atoms with Gasteiger partial charge in [0, 0.05) is 30.5 Å². The quantitative estimate of drug-likeness (QED) is 0.319. The monoisotopic (exact) mass is 632 g/mol. The average Bonchev–Trinajstić information content (AvgIpc) is 3.57. The number of hydrogen-bond donors (Lipinski definition) is 3. The Kier molecular flexibility index (Phi) is 8.33. The molecule has 6 fully saturated rings. The summed E-state index contributed by atoms with van der Waals surface area (Å²) in [5.74, 6) is 1.62. The minimum absolute atomic E-state index is 0.00960. The standard InChI is InChI=1S/C37H64N2O6/c1-11-43-30(33(5,6)42)23-20-22(2)27-28(44-23)29(40)35(8)25-13-12-24-32(3,4)26(45-31(41)38-18-19-39(9)10)14-15-36(24)21-37(25,36)17-16-34(27,35)7/h22-30,40,42H,11-21H2,1-10H3,(H,38,41)/t22-,23?,24+,25?,26+,27+,28?,29+,30+,34-,35-,36-,37+/m1/s1. The van der Waals surface area contributed by atoms with Gasteiger partial charge in [-0.1, -0.05) is 34.6 Å². The first kappa shape index (κ1) is 34.0. The topological polar surface area (TPSA) is 100 Å². The Morgan fingerprint density at radius 2 is 1.73 bits per heavy atom. The van der Waals surface area contributed by atoms with E-state index >= 15 is 0 Å². The summed E-state index contributed by atoms with van der Waals surface area (Å²) in [6.07, 6.45) is 6.89. The van der Waals surface area contributed by atoms with Crippen LogP contribution in [0.4, 0.5) is 4.79 Å². The Morgan fingerprint density at radius 3 is 2.38 bits per heavy atom. The van der Waals surface area contributed by atoms with Crippen molar-refractivity contribution in [3.8, 4) is 0 Å². The number of fused-ring (bicyclic) bond motifs is 4. The number of likely N-dealkylation sites (N-methyl/N-ethyl adjacent to an activating group) is 1. The third-order valence-electron chi connectivity index (χ3n) is 15.2. The summed E-state index contributed by atoms with van der Waals surface area (Å²) in [5.41, 5.74) is -0.844. The number of carbonyl (C=O) groups is 1. The molecule has 1 amide bonds. The summed E-state index contributed by atoms with van der Waals surface area (Å²) in [5, 5.41) is 26.5. The molecule has 2 spiro atoms. The molecule has 0 bridgehead atoms. The van der Waals surface area contributed by atoms with E-state index in [4.69, 9.17) is 14.2 Å². The molecule has 0 aromatic rings.